The van der Waals surface area contributed by atoms with Gasteiger partial charge in [-0.25, -0.2) is 0 Å². The zero-order valence-electron chi connectivity index (χ0n) is 11.2. The van der Waals surface area contributed by atoms with E-state index in [0.717, 1.165) is 30.3 Å². The first-order valence-corrected chi connectivity index (χ1v) is 6.89. The standard InChI is InChI=1S/C17H16N2O/c18-13-15(14-6-2-1-3-7-14)12-16-8-9-17(20-16)19-10-4-5-11-19/h1-3,6-9,12H,4-5,10-11H2. The van der Waals surface area contributed by atoms with E-state index in [1.807, 2.05) is 42.5 Å². The average molecular weight is 264 g/mol. The van der Waals surface area contributed by atoms with Crippen molar-refractivity contribution in [1.29, 1.82) is 5.26 Å². The molecule has 0 amide bonds. The number of nitrogens with zero attached hydrogens (tertiary/aromatic N) is 2. The normalized spacial score (nSPS) is 15.3. The molecule has 100 valence electrons. The van der Waals surface area contributed by atoms with E-state index in [4.69, 9.17) is 4.42 Å². The van der Waals surface area contributed by atoms with E-state index < -0.39 is 0 Å². The number of allylic oxidation sites excluding steroid dienone is 1. The number of benzene rings is 1. The molecule has 1 aliphatic rings. The Morgan fingerprint density at radius 2 is 1.85 bits per heavy atom. The first kappa shape index (κ1) is 12.6. The zero-order valence-corrected chi connectivity index (χ0v) is 11.2. The van der Waals surface area contributed by atoms with E-state index in [1.165, 1.54) is 12.8 Å². The van der Waals surface area contributed by atoms with Crippen molar-refractivity contribution >= 4 is 17.5 Å². The predicted octanol–water partition coefficient (Wildman–Crippen LogP) is 3.94. The lowest BCUT2D eigenvalue weighted by Crippen LogP contribution is -2.16. The number of nitriles is 1. The van der Waals surface area contributed by atoms with Gasteiger partial charge in [0.15, 0.2) is 5.88 Å². The number of furan rings is 1. The summed E-state index contributed by atoms with van der Waals surface area (Å²) in [7, 11) is 0. The second-order valence-corrected chi connectivity index (χ2v) is 4.91. The number of rotatable bonds is 3. The fourth-order valence-corrected chi connectivity index (χ4v) is 2.47. The molecule has 1 aromatic carbocycles. The monoisotopic (exact) mass is 264 g/mol. The topological polar surface area (TPSA) is 40.2 Å². The van der Waals surface area contributed by atoms with Gasteiger partial charge in [-0.05, 0) is 30.5 Å². The maximum Gasteiger partial charge on any atom is 0.196 e. The van der Waals surface area contributed by atoms with Crippen molar-refractivity contribution in [1.82, 2.24) is 0 Å². The van der Waals surface area contributed by atoms with Gasteiger partial charge in [0.2, 0.25) is 0 Å². The van der Waals surface area contributed by atoms with Crippen molar-refractivity contribution in [2.75, 3.05) is 18.0 Å². The Labute approximate surface area is 118 Å². The lowest BCUT2D eigenvalue weighted by atomic mass is 10.1. The number of hydrogen-bond acceptors (Lipinski definition) is 3. The summed E-state index contributed by atoms with van der Waals surface area (Å²) in [5, 5.41) is 9.29. The third-order valence-corrected chi connectivity index (χ3v) is 3.52. The fourth-order valence-electron chi connectivity index (χ4n) is 2.47. The summed E-state index contributed by atoms with van der Waals surface area (Å²) in [6, 6.07) is 15.8. The molecule has 2 aromatic rings. The molecule has 0 atom stereocenters. The number of anilines is 1. The third-order valence-electron chi connectivity index (χ3n) is 3.52. The smallest absolute Gasteiger partial charge is 0.196 e. The van der Waals surface area contributed by atoms with Crippen molar-refractivity contribution in [3.05, 3.63) is 53.8 Å². The lowest BCUT2D eigenvalue weighted by Gasteiger charge is -2.12. The van der Waals surface area contributed by atoms with Crippen LogP contribution in [0.1, 0.15) is 24.2 Å². The van der Waals surface area contributed by atoms with Gasteiger partial charge >= 0.3 is 0 Å². The van der Waals surface area contributed by atoms with E-state index in [9.17, 15) is 5.26 Å². The van der Waals surface area contributed by atoms with Gasteiger partial charge in [0.25, 0.3) is 0 Å². The highest BCUT2D eigenvalue weighted by atomic mass is 16.4. The summed E-state index contributed by atoms with van der Waals surface area (Å²) in [6.07, 6.45) is 4.24. The summed E-state index contributed by atoms with van der Waals surface area (Å²) < 4.78 is 5.82. The second kappa shape index (κ2) is 5.66. The molecule has 0 bridgehead atoms. The van der Waals surface area contributed by atoms with Gasteiger partial charge in [-0.3, -0.25) is 0 Å². The van der Waals surface area contributed by atoms with Crippen LogP contribution in [-0.2, 0) is 0 Å². The molecule has 0 spiro atoms. The summed E-state index contributed by atoms with van der Waals surface area (Å²) in [5.41, 5.74) is 1.53. The van der Waals surface area contributed by atoms with Gasteiger partial charge in [0.05, 0.1) is 11.6 Å². The van der Waals surface area contributed by atoms with E-state index in [0.29, 0.717) is 5.57 Å². The lowest BCUT2D eigenvalue weighted by molar-refractivity contribution is 0.548. The molecule has 0 radical (unpaired) electrons. The van der Waals surface area contributed by atoms with Crippen molar-refractivity contribution in [2.24, 2.45) is 0 Å². The molecule has 0 saturated carbocycles. The van der Waals surface area contributed by atoms with Crippen LogP contribution in [0.15, 0.2) is 46.9 Å². The Kier molecular flexibility index (Phi) is 3.56. The molecular formula is C17H16N2O. The van der Waals surface area contributed by atoms with Gasteiger partial charge in [0, 0.05) is 19.2 Å². The molecule has 3 heteroatoms. The Bertz CT molecular complexity index is 643. The van der Waals surface area contributed by atoms with Crippen LogP contribution in [0.2, 0.25) is 0 Å². The molecule has 3 rings (SSSR count). The van der Waals surface area contributed by atoms with Crippen molar-refractivity contribution < 1.29 is 4.42 Å². The van der Waals surface area contributed by atoms with Gasteiger partial charge in [-0.15, -0.1) is 0 Å². The van der Waals surface area contributed by atoms with Gasteiger partial charge < -0.3 is 9.32 Å². The van der Waals surface area contributed by atoms with Crippen LogP contribution in [0.4, 0.5) is 5.88 Å². The summed E-state index contributed by atoms with van der Waals surface area (Å²) >= 11 is 0. The Balaban J connectivity index is 1.85. The van der Waals surface area contributed by atoms with Gasteiger partial charge in [0.1, 0.15) is 5.76 Å². The van der Waals surface area contributed by atoms with Crippen LogP contribution in [0.3, 0.4) is 0 Å². The minimum absolute atomic E-state index is 0.618. The predicted molar refractivity (Wildman–Crippen MR) is 80.1 cm³/mol. The quantitative estimate of drug-likeness (QED) is 0.788. The SMILES string of the molecule is N#CC(=Cc1ccc(N2CCCC2)o1)c1ccccc1. The molecule has 2 heterocycles. The molecular weight excluding hydrogens is 248 g/mol. The number of hydrogen-bond donors (Lipinski definition) is 0. The Hall–Kier alpha value is -2.47. The first-order valence-electron chi connectivity index (χ1n) is 6.89. The molecule has 3 nitrogen and oxygen atoms in total. The fraction of sp³-hybridized carbons (Fsp3) is 0.235. The molecule has 0 aliphatic carbocycles. The van der Waals surface area contributed by atoms with Crippen LogP contribution in [-0.4, -0.2) is 13.1 Å². The molecule has 0 unspecified atom stereocenters. The highest BCUT2D eigenvalue weighted by Gasteiger charge is 2.15. The maximum atomic E-state index is 9.29. The van der Waals surface area contributed by atoms with E-state index in [1.54, 1.807) is 6.08 Å². The highest BCUT2D eigenvalue weighted by Crippen LogP contribution is 2.25. The first-order chi connectivity index (χ1) is 9.86. The Morgan fingerprint density at radius 3 is 2.55 bits per heavy atom. The minimum Gasteiger partial charge on any atom is -0.441 e. The summed E-state index contributed by atoms with van der Waals surface area (Å²) in [6.45, 7) is 2.11. The van der Waals surface area contributed by atoms with Crippen LogP contribution in [0, 0.1) is 11.3 Å². The zero-order chi connectivity index (χ0) is 13.8. The molecule has 20 heavy (non-hydrogen) atoms. The average Bonchev–Trinajstić information content (AvgIpc) is 3.16. The maximum absolute atomic E-state index is 9.29. The van der Waals surface area contributed by atoms with Crippen molar-refractivity contribution in [2.45, 2.75) is 12.8 Å². The summed E-state index contributed by atoms with van der Waals surface area (Å²) in [4.78, 5) is 2.24. The van der Waals surface area contributed by atoms with E-state index in [2.05, 4.69) is 11.0 Å². The second-order valence-electron chi connectivity index (χ2n) is 4.91. The molecule has 1 saturated heterocycles. The summed E-state index contributed by atoms with van der Waals surface area (Å²) in [5.74, 6) is 1.63. The highest BCUT2D eigenvalue weighted by molar-refractivity contribution is 5.88. The van der Waals surface area contributed by atoms with Crippen LogP contribution in [0.25, 0.3) is 11.6 Å². The molecule has 1 fully saturated rings. The van der Waals surface area contributed by atoms with Crippen LogP contribution < -0.4 is 4.90 Å². The minimum atomic E-state index is 0.618. The van der Waals surface area contributed by atoms with Crippen molar-refractivity contribution in [3.63, 3.8) is 0 Å². The molecule has 1 aromatic heterocycles. The molecule has 1 aliphatic heterocycles. The van der Waals surface area contributed by atoms with E-state index >= 15 is 0 Å². The van der Waals surface area contributed by atoms with Crippen LogP contribution >= 0.6 is 0 Å². The third kappa shape index (κ3) is 2.60. The Morgan fingerprint density at radius 1 is 1.10 bits per heavy atom. The van der Waals surface area contributed by atoms with Crippen molar-refractivity contribution in [3.8, 4) is 6.07 Å². The van der Waals surface area contributed by atoms with Gasteiger partial charge in [-0.2, -0.15) is 5.26 Å². The largest absolute Gasteiger partial charge is 0.441 e. The van der Waals surface area contributed by atoms with Gasteiger partial charge in [-0.1, -0.05) is 30.3 Å². The van der Waals surface area contributed by atoms with Crippen LogP contribution in [0.5, 0.6) is 0 Å². The molecule has 0 N–H and O–H groups in total. The van der Waals surface area contributed by atoms with E-state index in [-0.39, 0.29) is 0 Å².